The van der Waals surface area contributed by atoms with Crippen molar-refractivity contribution in [2.75, 3.05) is 19.3 Å². The van der Waals surface area contributed by atoms with E-state index >= 15 is 0 Å². The molecule has 1 fully saturated rings. The lowest BCUT2D eigenvalue weighted by atomic mass is 9.87. The van der Waals surface area contributed by atoms with Gasteiger partial charge in [-0.2, -0.15) is 0 Å². The Balaban J connectivity index is 2.35. The monoisotopic (exact) mass is 258 g/mol. The molecule has 0 spiro atoms. The van der Waals surface area contributed by atoms with Gasteiger partial charge < -0.3 is 10.6 Å². The lowest BCUT2D eigenvalue weighted by Crippen LogP contribution is -2.41. The molecule has 0 aliphatic heterocycles. The molecule has 0 bridgehead atoms. The van der Waals surface area contributed by atoms with Crippen LogP contribution in [0.15, 0.2) is 0 Å². The van der Waals surface area contributed by atoms with Gasteiger partial charge in [-0.15, -0.1) is 11.8 Å². The predicted molar refractivity (Wildman–Crippen MR) is 75.4 cm³/mol. The van der Waals surface area contributed by atoms with Crippen LogP contribution in [0, 0.1) is 5.41 Å². The molecule has 4 heteroatoms. The Bertz CT molecular complexity index is 256. The van der Waals surface area contributed by atoms with Crippen LogP contribution in [0.2, 0.25) is 0 Å². The van der Waals surface area contributed by atoms with E-state index in [2.05, 4.69) is 31.4 Å². The summed E-state index contributed by atoms with van der Waals surface area (Å²) in [6.45, 7) is 7.49. The van der Waals surface area contributed by atoms with E-state index in [4.69, 9.17) is 0 Å². The van der Waals surface area contributed by atoms with E-state index in [0.717, 1.165) is 13.0 Å². The van der Waals surface area contributed by atoms with Crippen LogP contribution in [0.3, 0.4) is 0 Å². The number of carbonyl (C=O) groups is 1. The normalized spacial score (nSPS) is 27.1. The lowest BCUT2D eigenvalue weighted by molar-refractivity contribution is -0.118. The van der Waals surface area contributed by atoms with Gasteiger partial charge in [-0.3, -0.25) is 4.79 Å². The van der Waals surface area contributed by atoms with Crippen LogP contribution >= 0.6 is 11.8 Å². The Morgan fingerprint density at radius 2 is 2.18 bits per heavy atom. The summed E-state index contributed by atoms with van der Waals surface area (Å²) in [5.41, 5.74) is 0.353. The molecule has 1 saturated carbocycles. The fourth-order valence-electron chi connectivity index (χ4n) is 2.59. The second kappa shape index (κ2) is 6.64. The Morgan fingerprint density at radius 1 is 1.47 bits per heavy atom. The Kier molecular flexibility index (Phi) is 5.80. The van der Waals surface area contributed by atoms with E-state index in [0.29, 0.717) is 22.5 Å². The van der Waals surface area contributed by atoms with Crippen LogP contribution in [-0.2, 0) is 4.79 Å². The number of thioether (sulfide) groups is 1. The minimum Gasteiger partial charge on any atom is -0.355 e. The molecule has 0 heterocycles. The van der Waals surface area contributed by atoms with Crippen LogP contribution < -0.4 is 10.6 Å². The van der Waals surface area contributed by atoms with Crippen molar-refractivity contribution in [2.24, 2.45) is 5.41 Å². The highest BCUT2D eigenvalue weighted by Crippen LogP contribution is 2.42. The first-order valence-corrected chi connectivity index (χ1v) is 7.61. The van der Waals surface area contributed by atoms with E-state index in [1.54, 1.807) is 11.8 Å². The summed E-state index contributed by atoms with van der Waals surface area (Å²) in [5.74, 6) is 0.773. The van der Waals surface area contributed by atoms with Crippen molar-refractivity contribution in [1.29, 1.82) is 0 Å². The molecule has 0 aromatic carbocycles. The van der Waals surface area contributed by atoms with Gasteiger partial charge in [0.15, 0.2) is 0 Å². The fourth-order valence-corrected chi connectivity index (χ4v) is 4.04. The first-order chi connectivity index (χ1) is 8.01. The summed E-state index contributed by atoms with van der Waals surface area (Å²) >= 11 is 1.80. The summed E-state index contributed by atoms with van der Waals surface area (Å²) in [4.78, 5) is 11.6. The van der Waals surface area contributed by atoms with E-state index in [-0.39, 0.29) is 5.91 Å². The van der Waals surface area contributed by atoms with Gasteiger partial charge in [-0.05, 0) is 31.7 Å². The second-order valence-corrected chi connectivity index (χ2v) is 6.72. The van der Waals surface area contributed by atoms with Crippen molar-refractivity contribution in [3.05, 3.63) is 0 Å². The average Bonchev–Trinajstić information content (AvgIpc) is 2.58. The molecule has 1 aliphatic carbocycles. The fraction of sp³-hybridized carbons (Fsp3) is 0.923. The Morgan fingerprint density at radius 3 is 2.76 bits per heavy atom. The molecule has 0 saturated heterocycles. The zero-order valence-corrected chi connectivity index (χ0v) is 12.3. The van der Waals surface area contributed by atoms with Gasteiger partial charge in [0.05, 0.1) is 5.75 Å². The molecule has 1 amide bonds. The molecule has 0 aromatic rings. The first-order valence-electron chi connectivity index (χ1n) is 6.57. The second-order valence-electron chi connectivity index (χ2n) is 5.49. The minimum absolute atomic E-state index is 0.177. The number of rotatable bonds is 6. The van der Waals surface area contributed by atoms with Gasteiger partial charge in [0.2, 0.25) is 5.91 Å². The standard InChI is InChI=1S/C13H26N2OS/c1-5-8-15-11(16)9-17-10-6-7-13(2,3)12(10)14-4/h10,12,14H,5-9H2,1-4H3,(H,15,16). The van der Waals surface area contributed by atoms with E-state index < -0.39 is 0 Å². The Labute approximate surface area is 109 Å². The number of hydrogen-bond acceptors (Lipinski definition) is 3. The van der Waals surface area contributed by atoms with Crippen molar-refractivity contribution in [1.82, 2.24) is 10.6 Å². The highest BCUT2D eigenvalue weighted by atomic mass is 32.2. The third kappa shape index (κ3) is 4.18. The van der Waals surface area contributed by atoms with Gasteiger partial charge in [0.25, 0.3) is 0 Å². The maximum atomic E-state index is 11.6. The van der Waals surface area contributed by atoms with Gasteiger partial charge in [0, 0.05) is 17.8 Å². The van der Waals surface area contributed by atoms with Crippen LogP contribution in [-0.4, -0.2) is 36.5 Å². The largest absolute Gasteiger partial charge is 0.355 e. The molecule has 0 aromatic heterocycles. The molecule has 2 unspecified atom stereocenters. The zero-order chi connectivity index (χ0) is 12.9. The van der Waals surface area contributed by atoms with Crippen LogP contribution in [0.25, 0.3) is 0 Å². The molecule has 1 rings (SSSR count). The van der Waals surface area contributed by atoms with Crippen molar-refractivity contribution < 1.29 is 4.79 Å². The SMILES string of the molecule is CCCNC(=O)CSC1CCC(C)(C)C1NC. The lowest BCUT2D eigenvalue weighted by Gasteiger charge is -2.30. The van der Waals surface area contributed by atoms with Crippen molar-refractivity contribution in [3.63, 3.8) is 0 Å². The highest BCUT2D eigenvalue weighted by Gasteiger charge is 2.41. The summed E-state index contributed by atoms with van der Waals surface area (Å²) < 4.78 is 0. The maximum Gasteiger partial charge on any atom is 0.230 e. The first kappa shape index (κ1) is 14.8. The molecular weight excluding hydrogens is 232 g/mol. The Hall–Kier alpha value is -0.220. The van der Waals surface area contributed by atoms with E-state index in [1.807, 2.05) is 7.05 Å². The van der Waals surface area contributed by atoms with Gasteiger partial charge in [-0.1, -0.05) is 20.8 Å². The quantitative estimate of drug-likeness (QED) is 0.766. The molecule has 100 valence electrons. The van der Waals surface area contributed by atoms with Gasteiger partial charge >= 0.3 is 0 Å². The third-order valence-electron chi connectivity index (χ3n) is 3.60. The number of hydrogen-bond donors (Lipinski definition) is 2. The van der Waals surface area contributed by atoms with Gasteiger partial charge in [0.1, 0.15) is 0 Å². The minimum atomic E-state index is 0.177. The predicted octanol–water partition coefficient (Wildman–Crippen LogP) is 2.02. The molecule has 2 N–H and O–H groups in total. The van der Waals surface area contributed by atoms with Crippen LogP contribution in [0.1, 0.15) is 40.0 Å². The van der Waals surface area contributed by atoms with Gasteiger partial charge in [-0.25, -0.2) is 0 Å². The van der Waals surface area contributed by atoms with E-state index in [1.165, 1.54) is 12.8 Å². The topological polar surface area (TPSA) is 41.1 Å². The smallest absolute Gasteiger partial charge is 0.230 e. The number of nitrogens with one attached hydrogen (secondary N) is 2. The summed E-state index contributed by atoms with van der Waals surface area (Å²) in [6.07, 6.45) is 3.46. The molecular formula is C13H26N2OS. The van der Waals surface area contributed by atoms with E-state index in [9.17, 15) is 4.79 Å². The van der Waals surface area contributed by atoms with Crippen LogP contribution in [0.4, 0.5) is 0 Å². The molecule has 1 aliphatic rings. The van der Waals surface area contributed by atoms with Crippen molar-refractivity contribution in [2.45, 2.75) is 51.3 Å². The molecule has 17 heavy (non-hydrogen) atoms. The summed E-state index contributed by atoms with van der Waals surface area (Å²) in [5, 5.41) is 6.92. The third-order valence-corrected chi connectivity index (χ3v) is 4.96. The maximum absolute atomic E-state index is 11.6. The molecule has 0 radical (unpaired) electrons. The average molecular weight is 258 g/mol. The molecule has 3 nitrogen and oxygen atoms in total. The van der Waals surface area contributed by atoms with Crippen molar-refractivity contribution in [3.8, 4) is 0 Å². The summed E-state index contributed by atoms with van der Waals surface area (Å²) in [6, 6.07) is 0.520. The number of amides is 1. The zero-order valence-electron chi connectivity index (χ0n) is 11.5. The molecule has 2 atom stereocenters. The highest BCUT2D eigenvalue weighted by molar-refractivity contribution is 8.00. The number of carbonyl (C=O) groups excluding carboxylic acids is 1. The summed E-state index contributed by atoms with van der Waals surface area (Å²) in [7, 11) is 2.03. The van der Waals surface area contributed by atoms with Crippen LogP contribution in [0.5, 0.6) is 0 Å². The van der Waals surface area contributed by atoms with Crippen molar-refractivity contribution >= 4 is 17.7 Å².